The Labute approximate surface area is 166 Å². The first-order valence-corrected chi connectivity index (χ1v) is 10.2. The minimum Gasteiger partial charge on any atom is -0.379 e. The van der Waals surface area contributed by atoms with Gasteiger partial charge in [-0.2, -0.15) is 17.5 Å². The van der Waals surface area contributed by atoms with Gasteiger partial charge in [0.1, 0.15) is 10.6 Å². The van der Waals surface area contributed by atoms with Crippen LogP contribution in [-0.2, 0) is 27.5 Å². The van der Waals surface area contributed by atoms with Gasteiger partial charge in [-0.3, -0.25) is 4.79 Å². The highest BCUT2D eigenvalue weighted by atomic mass is 32.2. The van der Waals surface area contributed by atoms with Crippen LogP contribution in [0.3, 0.4) is 0 Å². The second-order valence-corrected chi connectivity index (χ2v) is 8.52. The van der Waals surface area contributed by atoms with E-state index in [4.69, 9.17) is 4.74 Å². The number of ether oxygens (including phenoxy) is 1. The Morgan fingerprint density at radius 3 is 2.55 bits per heavy atom. The summed E-state index contributed by atoms with van der Waals surface area (Å²) in [6.45, 7) is 0.725. The summed E-state index contributed by atoms with van der Waals surface area (Å²) in [6.07, 6.45) is -3.33. The van der Waals surface area contributed by atoms with E-state index in [0.717, 1.165) is 11.0 Å². The Balaban J connectivity index is 1.77. The first kappa shape index (κ1) is 21.3. The molecule has 2 aromatic rings. The number of H-pyrrole nitrogens is 1. The largest absolute Gasteiger partial charge is 0.416 e. The number of nitrogens with one attached hydrogen (secondary N) is 1. The van der Waals surface area contributed by atoms with Gasteiger partial charge in [0.25, 0.3) is 5.91 Å². The van der Waals surface area contributed by atoms with Gasteiger partial charge in [0.05, 0.1) is 18.8 Å². The van der Waals surface area contributed by atoms with Crippen LogP contribution in [0.25, 0.3) is 0 Å². The van der Waals surface area contributed by atoms with Crippen molar-refractivity contribution in [1.29, 1.82) is 0 Å². The number of aromatic nitrogens is 1. The lowest BCUT2D eigenvalue weighted by molar-refractivity contribution is -0.138. The van der Waals surface area contributed by atoms with E-state index in [9.17, 15) is 26.4 Å². The second kappa shape index (κ2) is 8.17. The zero-order valence-electron chi connectivity index (χ0n) is 15.6. The smallest absolute Gasteiger partial charge is 0.379 e. The number of morpholine rings is 1. The number of aromatic amines is 1. The van der Waals surface area contributed by atoms with Gasteiger partial charge in [-0.1, -0.05) is 18.2 Å². The molecule has 1 aliphatic heterocycles. The lowest BCUT2D eigenvalue weighted by atomic mass is 10.1. The molecule has 1 fully saturated rings. The molecule has 1 saturated heterocycles. The van der Waals surface area contributed by atoms with Crippen molar-refractivity contribution < 1.29 is 31.1 Å². The molecule has 0 unspecified atom stereocenters. The SMILES string of the molecule is CN(Cc1ccccc1C(F)(F)F)C(=O)c1cc(S(=O)(=O)N2CCOCC2)c[nH]1. The number of carbonyl (C=O) groups is 1. The van der Waals surface area contributed by atoms with Gasteiger partial charge in [0, 0.05) is 32.9 Å². The van der Waals surface area contributed by atoms with Crippen molar-refractivity contribution in [2.24, 2.45) is 0 Å². The number of sulfonamides is 1. The lowest BCUT2D eigenvalue weighted by Gasteiger charge is -2.25. The Kier molecular flexibility index (Phi) is 6.01. The maximum atomic E-state index is 13.1. The Morgan fingerprint density at radius 1 is 1.24 bits per heavy atom. The van der Waals surface area contributed by atoms with Gasteiger partial charge in [-0.15, -0.1) is 0 Å². The van der Waals surface area contributed by atoms with Gasteiger partial charge in [-0.25, -0.2) is 8.42 Å². The number of amides is 1. The highest BCUT2D eigenvalue weighted by molar-refractivity contribution is 7.89. The number of rotatable bonds is 5. The van der Waals surface area contributed by atoms with E-state index in [1.54, 1.807) is 0 Å². The van der Waals surface area contributed by atoms with Crippen molar-refractivity contribution in [3.05, 3.63) is 53.3 Å². The third kappa shape index (κ3) is 4.62. The van der Waals surface area contributed by atoms with E-state index in [1.165, 1.54) is 41.8 Å². The van der Waals surface area contributed by atoms with Crippen LogP contribution in [0.5, 0.6) is 0 Å². The van der Waals surface area contributed by atoms with Crippen LogP contribution in [0.1, 0.15) is 21.6 Å². The first-order chi connectivity index (χ1) is 13.6. The molecule has 0 saturated carbocycles. The Bertz CT molecular complexity index is 982. The molecule has 1 aliphatic rings. The second-order valence-electron chi connectivity index (χ2n) is 6.58. The van der Waals surface area contributed by atoms with Crippen LogP contribution in [0, 0.1) is 0 Å². The summed E-state index contributed by atoms with van der Waals surface area (Å²) in [5.41, 5.74) is -0.894. The van der Waals surface area contributed by atoms with Gasteiger partial charge in [-0.05, 0) is 17.7 Å². The molecular weight excluding hydrogens is 411 g/mol. The van der Waals surface area contributed by atoms with E-state index < -0.39 is 27.7 Å². The van der Waals surface area contributed by atoms with Crippen LogP contribution in [0.2, 0.25) is 0 Å². The molecular formula is C18H20F3N3O4S. The van der Waals surface area contributed by atoms with Crippen molar-refractivity contribution in [1.82, 2.24) is 14.2 Å². The standard InChI is InChI=1S/C18H20F3N3O4S/c1-23(12-13-4-2-3-5-15(13)18(19,20)21)17(25)16-10-14(11-22-16)29(26,27)24-6-8-28-9-7-24/h2-5,10-11,22H,6-9,12H2,1H3. The maximum absolute atomic E-state index is 13.1. The zero-order valence-corrected chi connectivity index (χ0v) is 16.4. The minimum absolute atomic E-state index is 0.0242. The van der Waals surface area contributed by atoms with Crippen molar-refractivity contribution >= 4 is 15.9 Å². The predicted molar refractivity (Wildman–Crippen MR) is 97.6 cm³/mol. The average molecular weight is 431 g/mol. The predicted octanol–water partition coefficient (Wildman–Crippen LogP) is 2.33. The summed E-state index contributed by atoms with van der Waals surface area (Å²) in [7, 11) is -2.43. The van der Waals surface area contributed by atoms with Gasteiger partial charge in [0.15, 0.2) is 0 Å². The molecule has 0 aliphatic carbocycles. The minimum atomic E-state index is -4.54. The molecule has 11 heteroatoms. The molecule has 0 spiro atoms. The molecule has 1 N–H and O–H groups in total. The quantitative estimate of drug-likeness (QED) is 0.788. The fourth-order valence-electron chi connectivity index (χ4n) is 3.05. The number of hydrogen-bond donors (Lipinski definition) is 1. The summed E-state index contributed by atoms with van der Waals surface area (Å²) in [4.78, 5) is 16.2. The molecule has 2 heterocycles. The number of benzene rings is 1. The van der Waals surface area contributed by atoms with Crippen LogP contribution < -0.4 is 0 Å². The zero-order chi connectivity index (χ0) is 21.2. The molecule has 29 heavy (non-hydrogen) atoms. The van der Waals surface area contributed by atoms with E-state index in [0.29, 0.717) is 0 Å². The third-order valence-electron chi connectivity index (χ3n) is 4.57. The molecule has 1 amide bonds. The Morgan fingerprint density at radius 2 is 1.90 bits per heavy atom. The molecule has 1 aromatic carbocycles. The summed E-state index contributed by atoms with van der Waals surface area (Å²) in [6, 6.07) is 6.19. The van der Waals surface area contributed by atoms with Gasteiger partial charge >= 0.3 is 6.18 Å². The molecule has 3 rings (SSSR count). The molecule has 158 valence electrons. The van der Waals surface area contributed by atoms with Gasteiger partial charge in [0.2, 0.25) is 10.0 Å². The number of hydrogen-bond acceptors (Lipinski definition) is 4. The van der Waals surface area contributed by atoms with E-state index in [2.05, 4.69) is 4.98 Å². The maximum Gasteiger partial charge on any atom is 0.416 e. The van der Waals surface area contributed by atoms with E-state index in [1.807, 2.05) is 0 Å². The topological polar surface area (TPSA) is 82.7 Å². The molecule has 1 aromatic heterocycles. The first-order valence-electron chi connectivity index (χ1n) is 8.77. The van der Waals surface area contributed by atoms with Crippen LogP contribution >= 0.6 is 0 Å². The summed E-state index contributed by atoms with van der Waals surface area (Å²) >= 11 is 0. The van der Waals surface area contributed by atoms with Crippen LogP contribution in [0.4, 0.5) is 13.2 Å². The Hall–Kier alpha value is -2.37. The lowest BCUT2D eigenvalue weighted by Crippen LogP contribution is -2.40. The monoisotopic (exact) mass is 431 g/mol. The number of alkyl halides is 3. The van der Waals surface area contributed by atoms with E-state index in [-0.39, 0.29) is 49.0 Å². The van der Waals surface area contributed by atoms with Crippen molar-refractivity contribution in [2.75, 3.05) is 33.4 Å². The number of carbonyl (C=O) groups excluding carboxylic acids is 1. The number of nitrogens with zero attached hydrogens (tertiary/aromatic N) is 2. The third-order valence-corrected chi connectivity index (χ3v) is 6.45. The molecule has 0 atom stereocenters. The van der Waals surface area contributed by atoms with Crippen molar-refractivity contribution in [3.63, 3.8) is 0 Å². The van der Waals surface area contributed by atoms with Crippen LogP contribution in [-0.4, -0.2) is 61.9 Å². The van der Waals surface area contributed by atoms with Crippen molar-refractivity contribution in [3.8, 4) is 0 Å². The fraction of sp³-hybridized carbons (Fsp3) is 0.389. The fourth-order valence-corrected chi connectivity index (χ4v) is 4.45. The number of halogens is 3. The summed E-state index contributed by atoms with van der Waals surface area (Å²) in [5.74, 6) is -0.620. The average Bonchev–Trinajstić information content (AvgIpc) is 3.18. The van der Waals surface area contributed by atoms with E-state index >= 15 is 0 Å². The van der Waals surface area contributed by atoms with Gasteiger partial charge < -0.3 is 14.6 Å². The highest BCUT2D eigenvalue weighted by Crippen LogP contribution is 2.32. The normalized spacial score (nSPS) is 16.0. The summed E-state index contributed by atoms with van der Waals surface area (Å²) in [5, 5.41) is 0. The van der Waals surface area contributed by atoms with Crippen LogP contribution in [0.15, 0.2) is 41.4 Å². The molecule has 0 radical (unpaired) electrons. The van der Waals surface area contributed by atoms with Crippen molar-refractivity contribution in [2.45, 2.75) is 17.6 Å². The summed E-state index contributed by atoms with van der Waals surface area (Å²) < 4.78 is 71.1. The molecule has 0 bridgehead atoms. The highest BCUT2D eigenvalue weighted by Gasteiger charge is 2.33. The molecule has 7 nitrogen and oxygen atoms in total.